The average Bonchev–Trinajstić information content (AvgIpc) is 2.77. The van der Waals surface area contributed by atoms with Gasteiger partial charge in [-0.3, -0.25) is 0 Å². The van der Waals surface area contributed by atoms with Crippen molar-refractivity contribution in [2.45, 2.75) is 104 Å². The molecule has 0 amide bonds. The zero-order chi connectivity index (χ0) is 22.7. The summed E-state index contributed by atoms with van der Waals surface area (Å²) >= 11 is 0. The molecule has 0 aliphatic heterocycles. The Kier molecular flexibility index (Phi) is 15.8. The predicted octanol–water partition coefficient (Wildman–Crippen LogP) is 5.03. The van der Waals surface area contributed by atoms with Crippen molar-refractivity contribution in [2.75, 3.05) is 42.7 Å². The van der Waals surface area contributed by atoms with Gasteiger partial charge in [0.2, 0.25) is 17.8 Å². The molecule has 0 radical (unpaired) electrons. The molecule has 1 aromatic heterocycles. The van der Waals surface area contributed by atoms with Crippen molar-refractivity contribution in [3.63, 3.8) is 0 Å². The summed E-state index contributed by atoms with van der Waals surface area (Å²) < 4.78 is 11.9. The van der Waals surface area contributed by atoms with Crippen LogP contribution in [0.5, 0.6) is 0 Å². The van der Waals surface area contributed by atoms with Crippen LogP contribution in [0.1, 0.15) is 91.9 Å². The molecule has 0 saturated heterocycles. The molecule has 1 heterocycles. The number of ether oxygens (including phenoxy) is 2. The maximum Gasteiger partial charge on any atom is 0.229 e. The fraction of sp³-hybridized carbons (Fsp3) is 0.870. The minimum absolute atomic E-state index is 0.212. The van der Waals surface area contributed by atoms with Crippen LogP contribution in [0.3, 0.4) is 0 Å². The molecule has 2 atom stereocenters. The lowest BCUT2D eigenvalue weighted by atomic mass is 10.1. The van der Waals surface area contributed by atoms with Crippen LogP contribution in [0.15, 0.2) is 0 Å². The molecule has 31 heavy (non-hydrogen) atoms. The first-order valence-corrected chi connectivity index (χ1v) is 12.3. The number of anilines is 3. The van der Waals surface area contributed by atoms with Crippen molar-refractivity contribution in [2.24, 2.45) is 0 Å². The number of rotatable bonds is 20. The first kappa shape index (κ1) is 27.4. The predicted molar refractivity (Wildman–Crippen MR) is 130 cm³/mol. The van der Waals surface area contributed by atoms with E-state index in [0.717, 1.165) is 64.8 Å². The quantitative estimate of drug-likeness (QED) is 0.243. The minimum atomic E-state index is 0.212. The summed E-state index contributed by atoms with van der Waals surface area (Å²) in [6, 6.07) is 0. The van der Waals surface area contributed by atoms with Gasteiger partial charge in [0, 0.05) is 26.3 Å². The van der Waals surface area contributed by atoms with Gasteiger partial charge in [0.05, 0.1) is 12.2 Å². The third-order valence-electron chi connectivity index (χ3n) is 5.24. The van der Waals surface area contributed by atoms with Crippen molar-refractivity contribution in [1.82, 2.24) is 15.0 Å². The lowest BCUT2D eigenvalue weighted by molar-refractivity contribution is 0.0433. The normalized spacial score (nSPS) is 13.2. The number of nitrogens with one attached hydrogen (secondary N) is 2. The Bertz CT molecular complexity index is 517. The number of unbranched alkanes of at least 4 members (excludes halogenated alkanes) is 2. The number of nitrogens with zero attached hydrogens (tertiary/aromatic N) is 3. The Hall–Kier alpha value is -1.67. The molecule has 0 spiro atoms. The molecular weight excluding hydrogens is 392 g/mol. The molecular formula is C23H46N6O2. The minimum Gasteiger partial charge on any atom is -0.378 e. The third-order valence-corrected chi connectivity index (χ3v) is 5.24. The van der Waals surface area contributed by atoms with Crippen LogP contribution in [0.4, 0.5) is 17.8 Å². The van der Waals surface area contributed by atoms with Gasteiger partial charge in [-0.1, -0.05) is 53.4 Å². The van der Waals surface area contributed by atoms with Crippen LogP contribution in [0, 0.1) is 0 Å². The van der Waals surface area contributed by atoms with E-state index in [4.69, 9.17) is 15.2 Å². The SMILES string of the molecule is CCCCC(CC)OCCCNc1nc(N)nc(NCCCOC(CC)CCCC)n1. The van der Waals surface area contributed by atoms with Gasteiger partial charge in [-0.25, -0.2) is 0 Å². The fourth-order valence-corrected chi connectivity index (χ4v) is 3.27. The van der Waals surface area contributed by atoms with Crippen molar-refractivity contribution in [3.05, 3.63) is 0 Å². The van der Waals surface area contributed by atoms with E-state index >= 15 is 0 Å². The zero-order valence-corrected chi connectivity index (χ0v) is 20.3. The Balaban J connectivity index is 2.26. The van der Waals surface area contributed by atoms with Gasteiger partial charge in [0.1, 0.15) is 0 Å². The molecule has 0 aliphatic rings. The number of hydrogen-bond acceptors (Lipinski definition) is 8. The number of nitrogen functional groups attached to an aromatic ring is 1. The third kappa shape index (κ3) is 13.4. The highest BCUT2D eigenvalue weighted by Gasteiger charge is 2.08. The summed E-state index contributed by atoms with van der Waals surface area (Å²) in [5.74, 6) is 1.20. The first-order valence-electron chi connectivity index (χ1n) is 12.3. The maximum atomic E-state index is 5.96. The number of aromatic nitrogens is 3. The summed E-state index contributed by atoms with van der Waals surface area (Å²) in [4.78, 5) is 12.7. The van der Waals surface area contributed by atoms with E-state index in [1.807, 2.05) is 0 Å². The first-order chi connectivity index (χ1) is 15.1. The van der Waals surface area contributed by atoms with E-state index in [1.54, 1.807) is 0 Å². The van der Waals surface area contributed by atoms with E-state index in [2.05, 4.69) is 53.3 Å². The summed E-state index contributed by atoms with van der Waals surface area (Å²) in [7, 11) is 0. The molecule has 0 bridgehead atoms. The van der Waals surface area contributed by atoms with Gasteiger partial charge in [-0.05, 0) is 38.5 Å². The second-order valence-corrected chi connectivity index (χ2v) is 7.99. The standard InChI is InChI=1S/C23H46N6O2/c1-5-9-13-19(7-3)30-17-11-15-25-22-27-21(24)28-23(29-22)26-16-12-18-31-20(8-4)14-10-6-2/h19-20H,5-18H2,1-4H3,(H4,24,25,26,27,28,29). The van der Waals surface area contributed by atoms with Crippen molar-refractivity contribution >= 4 is 17.8 Å². The Morgan fingerprint density at radius 3 is 1.55 bits per heavy atom. The van der Waals surface area contributed by atoms with E-state index in [-0.39, 0.29) is 5.95 Å². The van der Waals surface area contributed by atoms with Gasteiger partial charge in [-0.2, -0.15) is 15.0 Å². The monoisotopic (exact) mass is 438 g/mol. The Morgan fingerprint density at radius 2 is 1.16 bits per heavy atom. The van der Waals surface area contributed by atoms with Crippen LogP contribution in [-0.2, 0) is 9.47 Å². The molecule has 2 unspecified atom stereocenters. The van der Waals surface area contributed by atoms with Gasteiger partial charge in [0.15, 0.2) is 0 Å². The van der Waals surface area contributed by atoms with E-state index in [9.17, 15) is 0 Å². The average molecular weight is 439 g/mol. The highest BCUT2D eigenvalue weighted by molar-refractivity contribution is 5.39. The van der Waals surface area contributed by atoms with Crippen molar-refractivity contribution in [1.29, 1.82) is 0 Å². The van der Waals surface area contributed by atoms with Crippen molar-refractivity contribution < 1.29 is 9.47 Å². The van der Waals surface area contributed by atoms with Crippen LogP contribution in [0.2, 0.25) is 0 Å². The zero-order valence-electron chi connectivity index (χ0n) is 20.3. The fourth-order valence-electron chi connectivity index (χ4n) is 3.27. The van der Waals surface area contributed by atoms with Gasteiger partial charge < -0.3 is 25.8 Å². The van der Waals surface area contributed by atoms with Crippen molar-refractivity contribution in [3.8, 4) is 0 Å². The molecule has 8 nitrogen and oxygen atoms in total. The largest absolute Gasteiger partial charge is 0.378 e. The molecule has 0 aliphatic carbocycles. The van der Waals surface area contributed by atoms with Crippen LogP contribution in [-0.4, -0.2) is 53.5 Å². The van der Waals surface area contributed by atoms with E-state index < -0.39 is 0 Å². The van der Waals surface area contributed by atoms with Gasteiger partial charge in [-0.15, -0.1) is 0 Å². The van der Waals surface area contributed by atoms with Gasteiger partial charge in [0.25, 0.3) is 0 Å². The molecule has 180 valence electrons. The lowest BCUT2D eigenvalue weighted by Crippen LogP contribution is -2.17. The van der Waals surface area contributed by atoms with E-state index in [1.165, 1.54) is 25.7 Å². The van der Waals surface area contributed by atoms with Crippen LogP contribution >= 0.6 is 0 Å². The Labute approximate surface area is 189 Å². The summed E-state index contributed by atoms with van der Waals surface area (Å²) in [6.45, 7) is 11.7. The summed E-state index contributed by atoms with van der Waals surface area (Å²) in [5.41, 5.74) is 5.84. The molecule has 1 aromatic rings. The molecule has 4 N–H and O–H groups in total. The Morgan fingerprint density at radius 1 is 0.710 bits per heavy atom. The highest BCUT2D eigenvalue weighted by Crippen LogP contribution is 2.11. The number of hydrogen-bond donors (Lipinski definition) is 3. The molecule has 0 fully saturated rings. The van der Waals surface area contributed by atoms with Gasteiger partial charge >= 0.3 is 0 Å². The maximum absolute atomic E-state index is 5.96. The van der Waals surface area contributed by atoms with Crippen LogP contribution < -0.4 is 16.4 Å². The molecule has 0 saturated carbocycles. The van der Waals surface area contributed by atoms with E-state index in [0.29, 0.717) is 24.1 Å². The molecule has 1 rings (SSSR count). The highest BCUT2D eigenvalue weighted by atomic mass is 16.5. The number of nitrogens with two attached hydrogens (primary N) is 1. The smallest absolute Gasteiger partial charge is 0.229 e. The second-order valence-electron chi connectivity index (χ2n) is 7.99. The summed E-state index contributed by atoms with van der Waals surface area (Å²) in [6.07, 6.45) is 11.8. The lowest BCUT2D eigenvalue weighted by Gasteiger charge is -2.16. The molecule has 8 heteroatoms. The van der Waals surface area contributed by atoms with Crippen LogP contribution in [0.25, 0.3) is 0 Å². The topological polar surface area (TPSA) is 107 Å². The summed E-state index contributed by atoms with van der Waals surface area (Å²) in [5, 5.41) is 6.44. The second kappa shape index (κ2) is 18.0. The molecule has 0 aromatic carbocycles.